The van der Waals surface area contributed by atoms with Crippen molar-refractivity contribution in [1.29, 1.82) is 5.26 Å². The third kappa shape index (κ3) is 2.57. The molecule has 2 aromatic rings. The number of amides is 1. The highest BCUT2D eigenvalue weighted by atomic mass is 16.5. The third-order valence-electron chi connectivity index (χ3n) is 2.87. The summed E-state index contributed by atoms with van der Waals surface area (Å²) in [7, 11) is 0. The Kier molecular flexibility index (Phi) is 3.62. The summed E-state index contributed by atoms with van der Waals surface area (Å²) >= 11 is 0. The van der Waals surface area contributed by atoms with Crippen LogP contribution in [0, 0.1) is 25.2 Å². The van der Waals surface area contributed by atoms with Gasteiger partial charge in [-0.05, 0) is 37.6 Å². The van der Waals surface area contributed by atoms with Crippen molar-refractivity contribution in [3.05, 3.63) is 46.6 Å². The van der Waals surface area contributed by atoms with Gasteiger partial charge in [-0.2, -0.15) is 10.4 Å². The minimum atomic E-state index is -0.554. The second-order valence-electron chi connectivity index (χ2n) is 4.20. The maximum atomic E-state index is 11.1. The van der Waals surface area contributed by atoms with Crippen molar-refractivity contribution in [3.8, 4) is 17.7 Å². The van der Waals surface area contributed by atoms with Gasteiger partial charge in [-0.15, -0.1) is 5.10 Å². The normalized spacial score (nSPS) is 9.85. The first-order valence-electron chi connectivity index (χ1n) is 5.84. The first-order valence-corrected chi connectivity index (χ1v) is 5.84. The molecule has 1 aromatic carbocycles. The van der Waals surface area contributed by atoms with E-state index < -0.39 is 5.91 Å². The minimum Gasteiger partial charge on any atom is -0.437 e. The molecule has 2 rings (SSSR count). The third-order valence-corrected chi connectivity index (χ3v) is 2.87. The predicted molar refractivity (Wildman–Crippen MR) is 71.3 cm³/mol. The van der Waals surface area contributed by atoms with E-state index in [0.29, 0.717) is 28.1 Å². The molecule has 6 nitrogen and oxygen atoms in total. The van der Waals surface area contributed by atoms with Gasteiger partial charge in [-0.3, -0.25) is 4.79 Å². The molecule has 0 aliphatic heterocycles. The molecule has 2 N–H and O–H groups in total. The van der Waals surface area contributed by atoms with Crippen LogP contribution in [-0.4, -0.2) is 16.1 Å². The van der Waals surface area contributed by atoms with Crippen LogP contribution in [0.3, 0.4) is 0 Å². The Morgan fingerprint density at radius 2 is 2.10 bits per heavy atom. The number of carbonyl (C=O) groups excluding carboxylic acids is 1. The van der Waals surface area contributed by atoms with Crippen LogP contribution in [0.15, 0.2) is 24.3 Å². The molecule has 0 radical (unpaired) electrons. The molecule has 0 saturated heterocycles. The molecule has 0 fully saturated rings. The van der Waals surface area contributed by atoms with Gasteiger partial charge in [0.2, 0.25) is 5.91 Å². The Hall–Kier alpha value is -2.94. The first kappa shape index (κ1) is 13.5. The lowest BCUT2D eigenvalue weighted by atomic mass is 10.1. The summed E-state index contributed by atoms with van der Waals surface area (Å²) in [6, 6.07) is 8.38. The van der Waals surface area contributed by atoms with Crippen molar-refractivity contribution in [2.45, 2.75) is 13.8 Å². The minimum absolute atomic E-state index is 0.109. The first-order chi connectivity index (χ1) is 9.52. The van der Waals surface area contributed by atoms with Crippen LogP contribution in [0.4, 0.5) is 0 Å². The van der Waals surface area contributed by atoms with Gasteiger partial charge in [-0.25, -0.2) is 0 Å². The van der Waals surface area contributed by atoms with Gasteiger partial charge >= 0.3 is 0 Å². The van der Waals surface area contributed by atoms with Crippen LogP contribution in [0.5, 0.6) is 11.6 Å². The average molecular weight is 268 g/mol. The molecule has 0 atom stereocenters. The number of benzene rings is 1. The molecule has 1 amide bonds. The summed E-state index contributed by atoms with van der Waals surface area (Å²) in [5.74, 6) is -0.0744. The summed E-state index contributed by atoms with van der Waals surface area (Å²) in [5.41, 5.74) is 7.22. The highest BCUT2D eigenvalue weighted by Gasteiger charge is 2.13. The summed E-state index contributed by atoms with van der Waals surface area (Å²) < 4.78 is 5.52. The average Bonchev–Trinajstić information content (AvgIpc) is 2.43. The Labute approximate surface area is 115 Å². The van der Waals surface area contributed by atoms with Gasteiger partial charge in [0.05, 0.1) is 5.69 Å². The number of carbonyl (C=O) groups is 1. The van der Waals surface area contributed by atoms with Crippen LogP contribution in [-0.2, 0) is 0 Å². The SMILES string of the molecule is Cc1nnc(Oc2cccc(C(N)=O)c2)c(C#N)c1C. The Morgan fingerprint density at radius 1 is 1.35 bits per heavy atom. The highest BCUT2D eigenvalue weighted by molar-refractivity contribution is 5.93. The zero-order chi connectivity index (χ0) is 14.7. The van der Waals surface area contributed by atoms with E-state index in [-0.39, 0.29) is 5.88 Å². The number of rotatable bonds is 3. The largest absolute Gasteiger partial charge is 0.437 e. The van der Waals surface area contributed by atoms with Crippen LogP contribution in [0.25, 0.3) is 0 Å². The van der Waals surface area contributed by atoms with Gasteiger partial charge < -0.3 is 10.5 Å². The Morgan fingerprint density at radius 3 is 2.75 bits per heavy atom. The molecule has 1 aromatic heterocycles. The van der Waals surface area contributed by atoms with Gasteiger partial charge in [0.25, 0.3) is 5.88 Å². The topological polar surface area (TPSA) is 102 Å². The molecular weight excluding hydrogens is 256 g/mol. The number of nitriles is 1. The lowest BCUT2D eigenvalue weighted by Gasteiger charge is -2.09. The number of hydrogen-bond donors (Lipinski definition) is 1. The molecule has 0 spiro atoms. The van der Waals surface area contributed by atoms with Crippen molar-refractivity contribution in [2.75, 3.05) is 0 Å². The van der Waals surface area contributed by atoms with Crippen molar-refractivity contribution in [2.24, 2.45) is 5.73 Å². The smallest absolute Gasteiger partial charge is 0.257 e. The second kappa shape index (κ2) is 5.36. The molecule has 0 bridgehead atoms. The van der Waals surface area contributed by atoms with Crippen molar-refractivity contribution in [3.63, 3.8) is 0 Å². The van der Waals surface area contributed by atoms with E-state index >= 15 is 0 Å². The van der Waals surface area contributed by atoms with E-state index in [1.54, 1.807) is 32.0 Å². The molecule has 0 unspecified atom stereocenters. The van der Waals surface area contributed by atoms with Gasteiger partial charge in [0.15, 0.2) is 0 Å². The Balaban J connectivity index is 2.41. The molecule has 0 aliphatic carbocycles. The number of primary amides is 1. The highest BCUT2D eigenvalue weighted by Crippen LogP contribution is 2.25. The van der Waals surface area contributed by atoms with Crippen molar-refractivity contribution < 1.29 is 9.53 Å². The molecular formula is C14H12N4O2. The van der Waals surface area contributed by atoms with Crippen LogP contribution < -0.4 is 10.5 Å². The maximum absolute atomic E-state index is 11.1. The summed E-state index contributed by atoms with van der Waals surface area (Å²) in [6.07, 6.45) is 0. The summed E-state index contributed by atoms with van der Waals surface area (Å²) in [5, 5.41) is 17.0. The number of nitrogens with two attached hydrogens (primary N) is 1. The maximum Gasteiger partial charge on any atom is 0.257 e. The molecule has 20 heavy (non-hydrogen) atoms. The van der Waals surface area contributed by atoms with Gasteiger partial charge in [0.1, 0.15) is 17.4 Å². The molecule has 100 valence electrons. The molecule has 0 aliphatic rings. The number of ether oxygens (including phenoxy) is 1. The summed E-state index contributed by atoms with van der Waals surface area (Å²) in [6.45, 7) is 3.54. The van der Waals surface area contributed by atoms with Crippen LogP contribution in [0.2, 0.25) is 0 Å². The monoisotopic (exact) mass is 268 g/mol. The lowest BCUT2D eigenvalue weighted by molar-refractivity contribution is 0.1000. The number of hydrogen-bond acceptors (Lipinski definition) is 5. The van der Waals surface area contributed by atoms with Crippen LogP contribution >= 0.6 is 0 Å². The van der Waals surface area contributed by atoms with E-state index in [4.69, 9.17) is 10.5 Å². The van der Waals surface area contributed by atoms with Crippen molar-refractivity contribution >= 4 is 5.91 Å². The van der Waals surface area contributed by atoms with Gasteiger partial charge in [-0.1, -0.05) is 6.07 Å². The zero-order valence-corrected chi connectivity index (χ0v) is 11.0. The van der Waals surface area contributed by atoms with E-state index in [9.17, 15) is 10.1 Å². The van der Waals surface area contributed by atoms with E-state index in [1.807, 2.05) is 6.07 Å². The molecule has 6 heteroatoms. The standard InChI is InChI=1S/C14H12N4O2/c1-8-9(2)17-18-14(12(8)7-15)20-11-5-3-4-10(6-11)13(16)19/h3-6H,1-2H3,(H2,16,19). The van der Waals surface area contributed by atoms with E-state index in [1.165, 1.54) is 6.07 Å². The number of nitrogens with zero attached hydrogens (tertiary/aromatic N) is 3. The fourth-order valence-electron chi connectivity index (χ4n) is 1.61. The second-order valence-corrected chi connectivity index (χ2v) is 4.20. The summed E-state index contributed by atoms with van der Waals surface area (Å²) in [4.78, 5) is 11.1. The fraction of sp³-hybridized carbons (Fsp3) is 0.143. The van der Waals surface area contributed by atoms with E-state index in [0.717, 1.165) is 0 Å². The van der Waals surface area contributed by atoms with Crippen molar-refractivity contribution in [1.82, 2.24) is 10.2 Å². The Bertz CT molecular complexity index is 720. The predicted octanol–water partition coefficient (Wildman–Crippen LogP) is 1.86. The fourth-order valence-corrected chi connectivity index (χ4v) is 1.61. The molecule has 1 heterocycles. The zero-order valence-electron chi connectivity index (χ0n) is 11.0. The molecule has 0 saturated carbocycles. The van der Waals surface area contributed by atoms with Crippen LogP contribution in [0.1, 0.15) is 27.2 Å². The quantitative estimate of drug-likeness (QED) is 0.915. The number of aryl methyl sites for hydroxylation is 1. The lowest BCUT2D eigenvalue weighted by Crippen LogP contribution is -2.10. The number of aromatic nitrogens is 2. The van der Waals surface area contributed by atoms with Gasteiger partial charge in [0, 0.05) is 5.56 Å². The van der Waals surface area contributed by atoms with E-state index in [2.05, 4.69) is 10.2 Å².